The summed E-state index contributed by atoms with van der Waals surface area (Å²) in [5, 5.41) is 13.2. The number of likely N-dealkylation sites (N-methyl/N-ethyl adjacent to an activating group) is 1. The number of carbonyl (C=O) groups is 3. The summed E-state index contributed by atoms with van der Waals surface area (Å²) in [7, 11) is 0. The summed E-state index contributed by atoms with van der Waals surface area (Å²) in [4.78, 5) is 57.9. The highest BCUT2D eigenvalue weighted by Gasteiger charge is 2.51. The van der Waals surface area contributed by atoms with E-state index in [-0.39, 0.29) is 68.1 Å². The van der Waals surface area contributed by atoms with Crippen molar-refractivity contribution in [3.63, 3.8) is 0 Å². The lowest BCUT2D eigenvalue weighted by molar-refractivity contribution is -0.205. The molecule has 4 aliphatic rings. The van der Waals surface area contributed by atoms with E-state index in [9.17, 15) is 19.5 Å². The van der Waals surface area contributed by atoms with E-state index >= 15 is 4.39 Å². The van der Waals surface area contributed by atoms with Gasteiger partial charge in [-0.2, -0.15) is 0 Å². The maximum atomic E-state index is 15.2. The van der Waals surface area contributed by atoms with E-state index in [0.717, 1.165) is 63.3 Å². The molecule has 0 saturated carbocycles. The van der Waals surface area contributed by atoms with Crippen LogP contribution in [0.1, 0.15) is 30.2 Å². The fourth-order valence-corrected chi connectivity index (χ4v) is 8.07. The molecular formula is C40H49FN8O4. The van der Waals surface area contributed by atoms with Crippen molar-refractivity contribution in [3.8, 4) is 5.75 Å². The molecular weight excluding hydrogens is 675 g/mol. The number of phenolic OH excluding ortho intramolecular Hbond substituents is 1. The minimum absolute atomic E-state index is 0.0608. The summed E-state index contributed by atoms with van der Waals surface area (Å²) in [5.74, 6) is -0.922. The van der Waals surface area contributed by atoms with Gasteiger partial charge in [0.05, 0.1) is 25.3 Å². The largest absolute Gasteiger partial charge is 0.508 e. The Labute approximate surface area is 310 Å². The van der Waals surface area contributed by atoms with E-state index < -0.39 is 18.0 Å². The van der Waals surface area contributed by atoms with Crippen LogP contribution < -0.4 is 4.90 Å². The molecule has 1 N–H and O–H groups in total. The van der Waals surface area contributed by atoms with Gasteiger partial charge in [-0.1, -0.05) is 55.5 Å². The van der Waals surface area contributed by atoms with Gasteiger partial charge < -0.3 is 24.7 Å². The molecule has 7 rings (SSSR count). The van der Waals surface area contributed by atoms with Crippen molar-refractivity contribution in [2.75, 3.05) is 70.3 Å². The number of hydrogen-bond acceptors (Lipinski definition) is 9. The van der Waals surface area contributed by atoms with Crippen molar-refractivity contribution in [1.82, 2.24) is 34.6 Å². The molecule has 13 heteroatoms. The van der Waals surface area contributed by atoms with Gasteiger partial charge >= 0.3 is 0 Å². The van der Waals surface area contributed by atoms with E-state index in [1.807, 2.05) is 48.5 Å². The number of carbonyl (C=O) groups excluding carboxylic acids is 3. The molecule has 4 aliphatic heterocycles. The number of benzene rings is 2. The molecule has 2 atom stereocenters. The summed E-state index contributed by atoms with van der Waals surface area (Å²) in [6.45, 7) is 13.6. The van der Waals surface area contributed by atoms with Gasteiger partial charge in [-0.25, -0.2) is 19.4 Å². The van der Waals surface area contributed by atoms with Crippen molar-refractivity contribution in [2.24, 2.45) is 0 Å². The third kappa shape index (κ3) is 7.92. The van der Waals surface area contributed by atoms with Gasteiger partial charge in [0.15, 0.2) is 0 Å². The molecule has 12 nitrogen and oxygen atoms in total. The molecule has 0 unspecified atom stereocenters. The van der Waals surface area contributed by atoms with Crippen LogP contribution in [0, 0.1) is 5.82 Å². The van der Waals surface area contributed by atoms with Crippen LogP contribution in [0.3, 0.4) is 0 Å². The molecule has 0 radical (unpaired) electrons. The first kappa shape index (κ1) is 36.5. The van der Waals surface area contributed by atoms with E-state index in [2.05, 4.69) is 28.2 Å². The van der Waals surface area contributed by atoms with Crippen LogP contribution in [0.15, 0.2) is 79.4 Å². The number of rotatable bonds is 12. The Balaban J connectivity index is 1.14. The second-order valence-corrected chi connectivity index (χ2v) is 14.4. The number of hydrogen-bond donors (Lipinski definition) is 1. The summed E-state index contributed by atoms with van der Waals surface area (Å²) >= 11 is 0. The Hall–Kier alpha value is -4.85. The molecule has 2 aromatic carbocycles. The lowest BCUT2D eigenvalue weighted by Crippen LogP contribution is -2.76. The average Bonchev–Trinajstić information content (AvgIpc) is 3.14. The molecule has 3 amide bonds. The molecule has 53 heavy (non-hydrogen) atoms. The van der Waals surface area contributed by atoms with Crippen LogP contribution in [0.5, 0.6) is 5.75 Å². The quantitative estimate of drug-likeness (QED) is 0.283. The number of aryl methyl sites for hydroxylation is 1. The first-order chi connectivity index (χ1) is 25.7. The second kappa shape index (κ2) is 16.0. The van der Waals surface area contributed by atoms with Crippen LogP contribution in [0.25, 0.3) is 0 Å². The number of aromatic hydroxyl groups is 1. The predicted molar refractivity (Wildman–Crippen MR) is 199 cm³/mol. The van der Waals surface area contributed by atoms with Crippen LogP contribution in [0.4, 0.5) is 10.2 Å². The summed E-state index contributed by atoms with van der Waals surface area (Å²) in [6.07, 6.45) is 1.40. The second-order valence-electron chi connectivity index (χ2n) is 14.4. The van der Waals surface area contributed by atoms with Gasteiger partial charge in [0.1, 0.15) is 29.6 Å². The number of fused-ring (bicyclic) bond motifs is 1. The molecule has 0 spiro atoms. The molecule has 3 aromatic rings. The summed E-state index contributed by atoms with van der Waals surface area (Å²) in [5.41, 5.74) is 1.89. The first-order valence-corrected chi connectivity index (χ1v) is 18.7. The summed E-state index contributed by atoms with van der Waals surface area (Å²) < 4.78 is 15.2. The van der Waals surface area contributed by atoms with Crippen molar-refractivity contribution in [2.45, 2.75) is 51.0 Å². The third-order valence-electron chi connectivity index (χ3n) is 11.0. The number of halogens is 1. The van der Waals surface area contributed by atoms with Gasteiger partial charge in [-0.15, -0.1) is 6.58 Å². The fourth-order valence-electron chi connectivity index (χ4n) is 8.07. The number of amides is 3. The molecule has 5 heterocycles. The van der Waals surface area contributed by atoms with Crippen LogP contribution >= 0.6 is 0 Å². The number of pyridine rings is 1. The average molecular weight is 725 g/mol. The number of piperazine rings is 2. The van der Waals surface area contributed by atoms with Crippen molar-refractivity contribution in [1.29, 1.82) is 0 Å². The Morgan fingerprint density at radius 3 is 2.49 bits per heavy atom. The standard InChI is InChI=1S/C40H49FN8O4/c1-3-17-47-28-39(52)48-35(22-30-14-15-33(50)23-34(30)41)40(53)46(27-37(48)49(47)38(51)16-13-29-9-6-5-7-10-29)24-31-11-8-12-36(42-31)45-25-32(26-45)44-20-18-43(4-2)19-21-44/h3,5-12,14-15,23,32,35,37,50H,1,4,13,16-22,24-28H2,2H3/t35-,37-/m0/s1. The maximum absolute atomic E-state index is 15.2. The number of phenols is 1. The molecule has 4 saturated heterocycles. The zero-order chi connectivity index (χ0) is 37.1. The van der Waals surface area contributed by atoms with Gasteiger partial charge in [0, 0.05) is 70.8 Å². The van der Waals surface area contributed by atoms with Gasteiger partial charge in [0.2, 0.25) is 17.7 Å². The van der Waals surface area contributed by atoms with Gasteiger partial charge in [-0.3, -0.25) is 19.3 Å². The Kier molecular flexibility index (Phi) is 11.0. The van der Waals surface area contributed by atoms with Gasteiger partial charge in [0.25, 0.3) is 0 Å². The van der Waals surface area contributed by atoms with E-state index in [1.165, 1.54) is 17.0 Å². The summed E-state index contributed by atoms with van der Waals surface area (Å²) in [6, 6.07) is 18.8. The van der Waals surface area contributed by atoms with E-state index in [4.69, 9.17) is 4.98 Å². The smallest absolute Gasteiger partial charge is 0.246 e. The van der Waals surface area contributed by atoms with Crippen LogP contribution in [0.2, 0.25) is 0 Å². The minimum Gasteiger partial charge on any atom is -0.508 e. The molecule has 1 aromatic heterocycles. The van der Waals surface area contributed by atoms with Crippen molar-refractivity contribution in [3.05, 3.63) is 102 Å². The van der Waals surface area contributed by atoms with Gasteiger partial charge in [-0.05, 0) is 42.3 Å². The normalized spacial score (nSPS) is 21.8. The molecule has 280 valence electrons. The lowest BCUT2D eigenvalue weighted by atomic mass is 9.97. The highest BCUT2D eigenvalue weighted by molar-refractivity contribution is 5.92. The highest BCUT2D eigenvalue weighted by Crippen LogP contribution is 2.31. The number of hydrazine groups is 1. The SMILES string of the molecule is C=CCN1CC(=O)N2[C@@H](Cc3ccc(O)cc3F)C(=O)N(Cc3cccc(N4CC(N5CCN(CC)CC5)C4)n3)C[C@@H]2N1C(=O)CCc1ccccc1. The molecule has 0 aliphatic carbocycles. The lowest BCUT2D eigenvalue weighted by Gasteiger charge is -2.55. The zero-order valence-corrected chi connectivity index (χ0v) is 30.4. The highest BCUT2D eigenvalue weighted by atomic mass is 19.1. The fraction of sp³-hybridized carbons (Fsp3) is 0.450. The number of aromatic nitrogens is 1. The first-order valence-electron chi connectivity index (χ1n) is 18.7. The minimum atomic E-state index is -1.08. The molecule has 4 fully saturated rings. The topological polar surface area (TPSA) is 107 Å². The monoisotopic (exact) mass is 724 g/mol. The zero-order valence-electron chi connectivity index (χ0n) is 30.4. The van der Waals surface area contributed by atoms with Crippen molar-refractivity contribution >= 4 is 23.5 Å². The Bertz CT molecular complexity index is 1800. The predicted octanol–water partition coefficient (Wildman–Crippen LogP) is 2.74. The van der Waals surface area contributed by atoms with E-state index in [1.54, 1.807) is 21.0 Å². The van der Waals surface area contributed by atoms with Crippen LogP contribution in [-0.2, 0) is 33.8 Å². The number of nitrogens with zero attached hydrogens (tertiary/aromatic N) is 8. The van der Waals surface area contributed by atoms with Crippen molar-refractivity contribution < 1.29 is 23.9 Å². The molecule has 0 bridgehead atoms. The Morgan fingerprint density at radius 1 is 1.00 bits per heavy atom. The number of anilines is 1. The van der Waals surface area contributed by atoms with E-state index in [0.29, 0.717) is 18.2 Å². The van der Waals surface area contributed by atoms with Crippen LogP contribution in [-0.4, -0.2) is 141 Å². The Morgan fingerprint density at radius 2 is 1.77 bits per heavy atom. The third-order valence-corrected chi connectivity index (χ3v) is 11.0. The maximum Gasteiger partial charge on any atom is 0.246 e.